The summed E-state index contributed by atoms with van der Waals surface area (Å²) in [5.41, 5.74) is 0. The molecule has 1 aliphatic heterocycles. The van der Waals surface area contributed by atoms with Crippen LogP contribution in [0.2, 0.25) is 0 Å². The van der Waals surface area contributed by atoms with E-state index in [2.05, 4.69) is 0 Å². The Morgan fingerprint density at radius 1 is 1.42 bits per heavy atom. The predicted molar refractivity (Wildman–Crippen MR) is 69.2 cm³/mol. The zero-order chi connectivity index (χ0) is 14.4. The van der Waals surface area contributed by atoms with Crippen molar-refractivity contribution in [1.29, 1.82) is 0 Å². The first-order valence-electron chi connectivity index (χ1n) is 6.67. The van der Waals surface area contributed by atoms with Crippen molar-refractivity contribution >= 4 is 17.8 Å². The van der Waals surface area contributed by atoms with E-state index < -0.39 is 5.97 Å². The number of amides is 2. The lowest BCUT2D eigenvalue weighted by atomic mass is 10.1. The molecule has 0 spiro atoms. The number of carbonyl (C=O) groups is 3. The Labute approximate surface area is 113 Å². The zero-order valence-corrected chi connectivity index (χ0v) is 11.8. The number of esters is 1. The van der Waals surface area contributed by atoms with Crippen molar-refractivity contribution in [2.75, 3.05) is 33.3 Å². The molecular weight excluding hydrogens is 248 g/mol. The summed E-state index contributed by atoms with van der Waals surface area (Å²) in [7, 11) is 1.69. The molecule has 1 rings (SSSR count). The fourth-order valence-corrected chi connectivity index (χ4v) is 2.19. The third kappa shape index (κ3) is 4.22. The fourth-order valence-electron chi connectivity index (χ4n) is 2.19. The minimum absolute atomic E-state index is 0.0223. The minimum atomic E-state index is -0.401. The van der Waals surface area contributed by atoms with Gasteiger partial charge < -0.3 is 14.5 Å². The number of ether oxygens (including phenoxy) is 1. The zero-order valence-electron chi connectivity index (χ0n) is 11.8. The molecule has 0 aliphatic carbocycles. The van der Waals surface area contributed by atoms with Crippen molar-refractivity contribution in [2.45, 2.75) is 26.7 Å². The van der Waals surface area contributed by atoms with Gasteiger partial charge in [-0.1, -0.05) is 6.92 Å². The van der Waals surface area contributed by atoms with Gasteiger partial charge in [0.15, 0.2) is 0 Å². The molecule has 2 amide bonds. The normalized spacial score (nSPS) is 18.6. The first kappa shape index (κ1) is 15.5. The summed E-state index contributed by atoms with van der Waals surface area (Å²) < 4.78 is 4.86. The van der Waals surface area contributed by atoms with Crippen molar-refractivity contribution in [1.82, 2.24) is 9.80 Å². The lowest BCUT2D eigenvalue weighted by Crippen LogP contribution is -2.41. The van der Waals surface area contributed by atoms with Crippen LogP contribution in [0.5, 0.6) is 0 Å². The summed E-state index contributed by atoms with van der Waals surface area (Å²) >= 11 is 0. The molecule has 1 aliphatic rings. The molecule has 1 fully saturated rings. The highest BCUT2D eigenvalue weighted by Gasteiger charge is 2.35. The number of carbonyl (C=O) groups excluding carboxylic acids is 3. The first-order chi connectivity index (χ1) is 8.99. The monoisotopic (exact) mass is 270 g/mol. The Bertz CT molecular complexity index is 357. The summed E-state index contributed by atoms with van der Waals surface area (Å²) in [5.74, 6) is -0.890. The smallest absolute Gasteiger partial charge is 0.325 e. The average Bonchev–Trinajstić information content (AvgIpc) is 2.68. The number of nitrogens with zero attached hydrogens (tertiary/aromatic N) is 2. The van der Waals surface area contributed by atoms with Crippen LogP contribution >= 0.6 is 0 Å². The highest BCUT2D eigenvalue weighted by Crippen LogP contribution is 2.18. The van der Waals surface area contributed by atoms with E-state index in [4.69, 9.17) is 4.74 Å². The molecule has 0 radical (unpaired) electrons. The number of hydrogen-bond donors (Lipinski definition) is 0. The molecule has 1 heterocycles. The number of likely N-dealkylation sites (tertiary alicyclic amines) is 1. The number of hydrogen-bond acceptors (Lipinski definition) is 4. The molecule has 0 aromatic rings. The molecule has 6 nitrogen and oxygen atoms in total. The van der Waals surface area contributed by atoms with Gasteiger partial charge in [0, 0.05) is 26.6 Å². The Hall–Kier alpha value is -1.59. The molecule has 19 heavy (non-hydrogen) atoms. The highest BCUT2D eigenvalue weighted by atomic mass is 16.5. The Balaban J connectivity index is 2.62. The Kier molecular flexibility index (Phi) is 5.79. The molecule has 1 saturated heterocycles. The molecule has 1 unspecified atom stereocenters. The molecule has 108 valence electrons. The van der Waals surface area contributed by atoms with Crippen LogP contribution in [0, 0.1) is 5.92 Å². The minimum Gasteiger partial charge on any atom is -0.465 e. The van der Waals surface area contributed by atoms with Crippen LogP contribution in [0.25, 0.3) is 0 Å². The molecule has 0 N–H and O–H groups in total. The SMILES string of the molecule is CCCN(CC(=O)OCC)C(=O)C1CC(=O)N(C)C1. The second-order valence-corrected chi connectivity index (χ2v) is 4.74. The lowest BCUT2D eigenvalue weighted by Gasteiger charge is -2.23. The third-order valence-corrected chi connectivity index (χ3v) is 3.12. The summed E-state index contributed by atoms with van der Waals surface area (Å²) in [4.78, 5) is 38.3. The van der Waals surface area contributed by atoms with Gasteiger partial charge in [-0.15, -0.1) is 0 Å². The van der Waals surface area contributed by atoms with Crippen LogP contribution in [-0.2, 0) is 19.1 Å². The van der Waals surface area contributed by atoms with Crippen molar-refractivity contribution in [3.8, 4) is 0 Å². The summed E-state index contributed by atoms with van der Waals surface area (Å²) in [6, 6.07) is 0. The Morgan fingerprint density at radius 3 is 2.58 bits per heavy atom. The van der Waals surface area contributed by atoms with E-state index in [1.54, 1.807) is 18.9 Å². The third-order valence-electron chi connectivity index (χ3n) is 3.12. The van der Waals surface area contributed by atoms with Gasteiger partial charge in [-0.3, -0.25) is 14.4 Å². The molecule has 0 saturated carbocycles. The van der Waals surface area contributed by atoms with Gasteiger partial charge in [0.2, 0.25) is 11.8 Å². The van der Waals surface area contributed by atoms with Crippen LogP contribution in [0.15, 0.2) is 0 Å². The van der Waals surface area contributed by atoms with Crippen LogP contribution in [0.3, 0.4) is 0 Å². The van der Waals surface area contributed by atoms with Crippen LogP contribution in [0.4, 0.5) is 0 Å². The molecule has 6 heteroatoms. The molecular formula is C13H22N2O4. The van der Waals surface area contributed by atoms with Crippen LogP contribution in [0.1, 0.15) is 26.7 Å². The number of rotatable bonds is 6. The van der Waals surface area contributed by atoms with Crippen LogP contribution < -0.4 is 0 Å². The van der Waals surface area contributed by atoms with Gasteiger partial charge in [0.25, 0.3) is 0 Å². The summed E-state index contributed by atoms with van der Waals surface area (Å²) in [6.45, 7) is 4.88. The maximum Gasteiger partial charge on any atom is 0.325 e. The lowest BCUT2D eigenvalue weighted by molar-refractivity contribution is -0.150. The van der Waals surface area contributed by atoms with E-state index in [1.165, 1.54) is 4.90 Å². The standard InChI is InChI=1S/C13H22N2O4/c1-4-6-15(9-12(17)19-5-2)13(18)10-7-11(16)14(3)8-10/h10H,4-9H2,1-3H3. The largest absolute Gasteiger partial charge is 0.465 e. The maximum atomic E-state index is 12.3. The van der Waals surface area contributed by atoms with Gasteiger partial charge in [0.05, 0.1) is 12.5 Å². The van der Waals surface area contributed by atoms with Crippen LogP contribution in [-0.4, -0.2) is 60.9 Å². The second-order valence-electron chi connectivity index (χ2n) is 4.74. The maximum absolute atomic E-state index is 12.3. The molecule has 0 aromatic carbocycles. The van der Waals surface area contributed by atoms with E-state index in [0.29, 0.717) is 19.7 Å². The average molecular weight is 270 g/mol. The van der Waals surface area contributed by atoms with Gasteiger partial charge in [-0.2, -0.15) is 0 Å². The van der Waals surface area contributed by atoms with Crippen molar-refractivity contribution in [3.63, 3.8) is 0 Å². The summed E-state index contributed by atoms with van der Waals surface area (Å²) in [6.07, 6.45) is 1.00. The first-order valence-corrected chi connectivity index (χ1v) is 6.67. The fraction of sp³-hybridized carbons (Fsp3) is 0.769. The van der Waals surface area contributed by atoms with E-state index in [9.17, 15) is 14.4 Å². The van der Waals surface area contributed by atoms with Gasteiger partial charge in [-0.05, 0) is 13.3 Å². The van der Waals surface area contributed by atoms with Crippen molar-refractivity contribution < 1.29 is 19.1 Å². The van der Waals surface area contributed by atoms with Gasteiger partial charge >= 0.3 is 5.97 Å². The van der Waals surface area contributed by atoms with E-state index in [-0.39, 0.29) is 30.7 Å². The second kappa shape index (κ2) is 7.11. The van der Waals surface area contributed by atoms with E-state index in [1.807, 2.05) is 6.92 Å². The van der Waals surface area contributed by atoms with Gasteiger partial charge in [-0.25, -0.2) is 0 Å². The van der Waals surface area contributed by atoms with E-state index >= 15 is 0 Å². The van der Waals surface area contributed by atoms with E-state index in [0.717, 1.165) is 6.42 Å². The van der Waals surface area contributed by atoms with Crippen molar-refractivity contribution in [3.05, 3.63) is 0 Å². The van der Waals surface area contributed by atoms with Gasteiger partial charge in [0.1, 0.15) is 6.54 Å². The van der Waals surface area contributed by atoms with Crippen molar-refractivity contribution in [2.24, 2.45) is 5.92 Å². The predicted octanol–water partition coefficient (Wildman–Crippen LogP) is 0.266. The molecule has 1 atom stereocenters. The molecule has 0 aromatic heterocycles. The quantitative estimate of drug-likeness (QED) is 0.650. The summed E-state index contributed by atoms with van der Waals surface area (Å²) in [5, 5.41) is 0. The Morgan fingerprint density at radius 2 is 2.11 bits per heavy atom. The molecule has 0 bridgehead atoms. The topological polar surface area (TPSA) is 66.9 Å². The highest BCUT2D eigenvalue weighted by molar-refractivity contribution is 5.90.